The number of aromatic nitrogens is 2. The summed E-state index contributed by atoms with van der Waals surface area (Å²) in [6, 6.07) is 8.20. The molecule has 3 aromatic rings. The lowest BCUT2D eigenvalue weighted by atomic mass is 10.1. The van der Waals surface area contributed by atoms with Crippen LogP contribution in [0.25, 0.3) is 0 Å². The monoisotopic (exact) mass is 372 g/mol. The third-order valence-corrected chi connectivity index (χ3v) is 3.85. The number of hydrogen-bond acceptors (Lipinski definition) is 6. The number of anilines is 2. The molecule has 0 saturated heterocycles. The summed E-state index contributed by atoms with van der Waals surface area (Å²) in [6.45, 7) is 3.81. The number of rotatable bonds is 5. The van der Waals surface area contributed by atoms with Gasteiger partial charge in [0, 0.05) is 11.8 Å². The van der Waals surface area contributed by atoms with Gasteiger partial charge in [0.05, 0.1) is 4.92 Å². The number of benzene rings is 2. The van der Waals surface area contributed by atoms with Crippen molar-refractivity contribution in [3.8, 4) is 11.6 Å². The first-order valence-corrected chi connectivity index (χ1v) is 7.81. The van der Waals surface area contributed by atoms with Crippen LogP contribution in [-0.4, -0.2) is 14.9 Å². The van der Waals surface area contributed by atoms with Crippen LogP contribution < -0.4 is 10.1 Å². The number of ether oxygens (including phenoxy) is 1. The highest BCUT2D eigenvalue weighted by Crippen LogP contribution is 2.35. The molecule has 0 atom stereocenters. The first-order valence-electron chi connectivity index (χ1n) is 7.81. The Kier molecular flexibility index (Phi) is 4.93. The predicted octanol–water partition coefficient (Wildman–Crippen LogP) is 4.82. The van der Waals surface area contributed by atoms with Crippen LogP contribution in [0.4, 0.5) is 26.0 Å². The predicted molar refractivity (Wildman–Crippen MR) is 94.3 cm³/mol. The first-order chi connectivity index (χ1) is 12.8. The van der Waals surface area contributed by atoms with Crippen LogP contribution in [0.1, 0.15) is 11.1 Å². The molecule has 3 rings (SSSR count). The second-order valence-corrected chi connectivity index (χ2v) is 5.74. The van der Waals surface area contributed by atoms with E-state index >= 15 is 0 Å². The maximum Gasteiger partial charge on any atom is 0.373 e. The average Bonchev–Trinajstić information content (AvgIpc) is 2.61. The maximum absolute atomic E-state index is 13.4. The number of halogens is 2. The topological polar surface area (TPSA) is 90.2 Å². The van der Waals surface area contributed by atoms with Crippen molar-refractivity contribution < 1.29 is 18.4 Å². The molecule has 9 heteroatoms. The Morgan fingerprint density at radius 3 is 2.48 bits per heavy atom. The van der Waals surface area contributed by atoms with Gasteiger partial charge in [0.15, 0.2) is 11.6 Å². The molecule has 2 aromatic carbocycles. The molecule has 0 aliphatic carbocycles. The smallest absolute Gasteiger partial charge is 0.373 e. The van der Waals surface area contributed by atoms with Gasteiger partial charge in [0.1, 0.15) is 12.1 Å². The Morgan fingerprint density at radius 2 is 1.81 bits per heavy atom. The van der Waals surface area contributed by atoms with Gasteiger partial charge in [0.2, 0.25) is 5.82 Å². The molecule has 0 unspecified atom stereocenters. The van der Waals surface area contributed by atoms with Gasteiger partial charge < -0.3 is 10.1 Å². The van der Waals surface area contributed by atoms with Gasteiger partial charge in [-0.05, 0) is 49.2 Å². The highest BCUT2D eigenvalue weighted by molar-refractivity contribution is 5.68. The molecule has 0 fully saturated rings. The lowest BCUT2D eigenvalue weighted by Gasteiger charge is -2.10. The average molecular weight is 372 g/mol. The highest BCUT2D eigenvalue weighted by atomic mass is 19.2. The van der Waals surface area contributed by atoms with E-state index in [1.54, 1.807) is 12.1 Å². The first kappa shape index (κ1) is 18.2. The Balaban J connectivity index is 1.97. The van der Waals surface area contributed by atoms with Gasteiger partial charge in [-0.25, -0.2) is 13.8 Å². The van der Waals surface area contributed by atoms with Gasteiger partial charge in [0.25, 0.3) is 0 Å². The summed E-state index contributed by atoms with van der Waals surface area (Å²) < 4.78 is 32.0. The molecule has 7 nitrogen and oxygen atoms in total. The summed E-state index contributed by atoms with van der Waals surface area (Å²) in [5.41, 5.74) is 1.55. The summed E-state index contributed by atoms with van der Waals surface area (Å²) in [4.78, 5) is 18.5. The SMILES string of the molecule is Cc1ccc(Oc2ncnc(Nc3ccc(F)c(F)c3)c2[N+](=O)[O-])cc1C. The Hall–Kier alpha value is -3.62. The quantitative estimate of drug-likeness (QED) is 0.510. The van der Waals surface area contributed by atoms with E-state index in [1.807, 2.05) is 19.9 Å². The molecule has 1 heterocycles. The summed E-state index contributed by atoms with van der Waals surface area (Å²) in [5, 5.41) is 14.1. The van der Waals surface area contributed by atoms with E-state index in [4.69, 9.17) is 4.74 Å². The summed E-state index contributed by atoms with van der Waals surface area (Å²) in [5.74, 6) is -2.23. The van der Waals surface area contributed by atoms with Gasteiger partial charge in [-0.3, -0.25) is 10.1 Å². The fraction of sp³-hybridized carbons (Fsp3) is 0.111. The van der Waals surface area contributed by atoms with E-state index in [0.717, 1.165) is 29.6 Å². The lowest BCUT2D eigenvalue weighted by molar-refractivity contribution is -0.385. The van der Waals surface area contributed by atoms with Crippen molar-refractivity contribution in [3.63, 3.8) is 0 Å². The van der Waals surface area contributed by atoms with Gasteiger partial charge in [-0.2, -0.15) is 4.98 Å². The molecule has 0 aliphatic rings. The second kappa shape index (κ2) is 7.32. The van der Waals surface area contributed by atoms with Crippen LogP contribution in [0.5, 0.6) is 11.6 Å². The molecular weight excluding hydrogens is 358 g/mol. The van der Waals surface area contributed by atoms with E-state index in [0.29, 0.717) is 5.75 Å². The molecule has 0 radical (unpaired) electrons. The van der Waals surface area contributed by atoms with Gasteiger partial charge in [-0.15, -0.1) is 0 Å². The minimum Gasteiger partial charge on any atom is -0.434 e. The molecule has 138 valence electrons. The van der Waals surface area contributed by atoms with E-state index in [2.05, 4.69) is 15.3 Å². The van der Waals surface area contributed by atoms with Crippen molar-refractivity contribution in [2.45, 2.75) is 13.8 Å². The molecule has 0 bridgehead atoms. The van der Waals surface area contributed by atoms with Crippen LogP contribution in [0, 0.1) is 35.6 Å². The zero-order valence-corrected chi connectivity index (χ0v) is 14.4. The van der Waals surface area contributed by atoms with Crippen LogP contribution in [0.3, 0.4) is 0 Å². The zero-order chi connectivity index (χ0) is 19.6. The van der Waals surface area contributed by atoms with E-state index in [9.17, 15) is 18.9 Å². The van der Waals surface area contributed by atoms with E-state index in [-0.39, 0.29) is 17.4 Å². The molecule has 0 aliphatic heterocycles. The van der Waals surface area contributed by atoms with Crippen molar-refractivity contribution in [3.05, 3.63) is 75.6 Å². The maximum atomic E-state index is 13.4. The minimum atomic E-state index is -1.09. The molecule has 0 spiro atoms. The normalized spacial score (nSPS) is 10.5. The number of nitrogens with one attached hydrogen (secondary N) is 1. The molecule has 27 heavy (non-hydrogen) atoms. The summed E-state index contributed by atoms with van der Waals surface area (Å²) in [6.07, 6.45) is 1.07. The third kappa shape index (κ3) is 3.97. The molecular formula is C18H14F2N4O3. The van der Waals surface area contributed by atoms with Gasteiger partial charge >= 0.3 is 11.6 Å². The Bertz CT molecular complexity index is 956. The molecule has 0 amide bonds. The summed E-state index contributed by atoms with van der Waals surface area (Å²) in [7, 11) is 0. The lowest BCUT2D eigenvalue weighted by Crippen LogP contribution is -2.04. The van der Waals surface area contributed by atoms with Crippen LogP contribution >= 0.6 is 0 Å². The van der Waals surface area contributed by atoms with Crippen molar-refractivity contribution in [2.24, 2.45) is 0 Å². The number of nitrogens with zero attached hydrogens (tertiary/aromatic N) is 3. The number of nitro groups is 1. The zero-order valence-electron chi connectivity index (χ0n) is 14.4. The van der Waals surface area contributed by atoms with Crippen molar-refractivity contribution in [1.29, 1.82) is 0 Å². The van der Waals surface area contributed by atoms with Crippen LogP contribution in [-0.2, 0) is 0 Å². The Labute approximate surface area is 152 Å². The molecule has 0 saturated carbocycles. The Morgan fingerprint density at radius 1 is 1.04 bits per heavy atom. The third-order valence-electron chi connectivity index (χ3n) is 3.85. The van der Waals surface area contributed by atoms with Crippen LogP contribution in [0.2, 0.25) is 0 Å². The second-order valence-electron chi connectivity index (χ2n) is 5.74. The highest BCUT2D eigenvalue weighted by Gasteiger charge is 2.25. The summed E-state index contributed by atoms with van der Waals surface area (Å²) >= 11 is 0. The van der Waals surface area contributed by atoms with E-state index in [1.165, 1.54) is 6.07 Å². The standard InChI is InChI=1S/C18H14F2N4O3/c1-10-3-5-13(7-11(10)2)27-18-16(24(25)26)17(21-9-22-18)23-12-4-6-14(19)15(20)8-12/h3-9H,1-2H3,(H,21,22,23). The molecule has 1 N–H and O–H groups in total. The number of aryl methyl sites for hydroxylation is 2. The van der Waals surface area contributed by atoms with Gasteiger partial charge in [-0.1, -0.05) is 6.07 Å². The van der Waals surface area contributed by atoms with Crippen molar-refractivity contribution in [1.82, 2.24) is 9.97 Å². The fourth-order valence-electron chi connectivity index (χ4n) is 2.29. The van der Waals surface area contributed by atoms with Crippen molar-refractivity contribution >= 4 is 17.2 Å². The van der Waals surface area contributed by atoms with Crippen LogP contribution in [0.15, 0.2) is 42.7 Å². The van der Waals surface area contributed by atoms with Crippen molar-refractivity contribution in [2.75, 3.05) is 5.32 Å². The molecule has 1 aromatic heterocycles. The fourth-order valence-corrected chi connectivity index (χ4v) is 2.29. The number of hydrogen-bond donors (Lipinski definition) is 1. The largest absolute Gasteiger partial charge is 0.434 e. The van der Waals surface area contributed by atoms with E-state index < -0.39 is 22.2 Å². The minimum absolute atomic E-state index is 0.0906.